The van der Waals surface area contributed by atoms with Crippen LogP contribution in [0.25, 0.3) is 0 Å². The lowest BCUT2D eigenvalue weighted by Crippen LogP contribution is -2.24. The molecule has 1 rings (SSSR count). The van der Waals surface area contributed by atoms with Gasteiger partial charge in [-0.25, -0.2) is 0 Å². The molecular weight excluding hydrogens is 323 g/mol. The molecule has 0 nitrogen and oxygen atoms in total. The highest BCUT2D eigenvalue weighted by atomic mass is 14.1. The first kappa shape index (κ1) is 24.3. The lowest BCUT2D eigenvalue weighted by atomic mass is 9.34. The van der Waals surface area contributed by atoms with Crippen LogP contribution in [-0.4, -0.2) is 6.71 Å². The molecule has 0 aromatic heterocycles. The van der Waals surface area contributed by atoms with Gasteiger partial charge in [0.15, 0.2) is 0 Å². The van der Waals surface area contributed by atoms with Gasteiger partial charge in [-0.3, -0.25) is 0 Å². The van der Waals surface area contributed by atoms with E-state index in [1.54, 1.807) is 5.56 Å². The molecule has 0 heterocycles. The van der Waals surface area contributed by atoms with Crippen molar-refractivity contribution in [1.29, 1.82) is 0 Å². The van der Waals surface area contributed by atoms with Gasteiger partial charge in [0.05, 0.1) is 0 Å². The van der Waals surface area contributed by atoms with Gasteiger partial charge in [-0.15, -0.1) is 0 Å². The van der Waals surface area contributed by atoms with Crippen LogP contribution in [0.4, 0.5) is 0 Å². The van der Waals surface area contributed by atoms with Crippen LogP contribution in [0.3, 0.4) is 0 Å². The van der Waals surface area contributed by atoms with Gasteiger partial charge in [-0.2, -0.15) is 0 Å². The number of benzene rings is 1. The van der Waals surface area contributed by atoms with Crippen LogP contribution < -0.4 is 0 Å². The zero-order chi connectivity index (χ0) is 19.7. The third-order valence-electron chi connectivity index (χ3n) is 6.30. The molecule has 0 amide bonds. The molecule has 0 aliphatic carbocycles. The Morgan fingerprint density at radius 2 is 1.11 bits per heavy atom. The Bertz CT molecular complexity index is 424. The molecule has 0 saturated carbocycles. The summed E-state index contributed by atoms with van der Waals surface area (Å²) in [4.78, 5) is 0. The van der Waals surface area contributed by atoms with Crippen molar-refractivity contribution in [2.24, 2.45) is 0 Å². The second kappa shape index (κ2) is 16.3. The third kappa shape index (κ3) is 11.0. The Labute approximate surface area is 172 Å². The third-order valence-corrected chi connectivity index (χ3v) is 6.30. The summed E-state index contributed by atoms with van der Waals surface area (Å²) in [6, 6.07) is 9.54. The Morgan fingerprint density at radius 3 is 1.59 bits per heavy atom. The van der Waals surface area contributed by atoms with Gasteiger partial charge >= 0.3 is 0 Å². The molecule has 0 aliphatic rings. The van der Waals surface area contributed by atoms with Crippen molar-refractivity contribution in [3.63, 3.8) is 0 Å². The van der Waals surface area contributed by atoms with E-state index in [9.17, 15) is 0 Å². The molecule has 154 valence electrons. The maximum Gasteiger partial charge on any atom is 0.148 e. The minimum atomic E-state index is 0.783. The van der Waals surface area contributed by atoms with Crippen molar-refractivity contribution >= 4 is 6.71 Å². The Kier molecular flexibility index (Phi) is 14.6. The molecule has 1 aromatic rings. The van der Waals surface area contributed by atoms with Crippen molar-refractivity contribution in [2.75, 3.05) is 0 Å². The standard InChI is InChI=1S/C26H47B/c1-5-8-11-14-17-26(25-20-18-24(4)19-21-25)27(22-15-12-9-6-2)23-16-13-10-7-3/h18-21,26H,5-17,22-23H2,1-4H3. The average Bonchev–Trinajstić information content (AvgIpc) is 2.68. The van der Waals surface area contributed by atoms with Gasteiger partial charge in [0.2, 0.25) is 0 Å². The highest BCUT2D eigenvalue weighted by molar-refractivity contribution is 6.60. The lowest BCUT2D eigenvalue weighted by Gasteiger charge is -2.26. The maximum atomic E-state index is 2.44. The predicted octanol–water partition coefficient (Wildman–Crippen LogP) is 9.24. The van der Waals surface area contributed by atoms with Crippen molar-refractivity contribution in [2.45, 2.75) is 130 Å². The second-order valence-corrected chi connectivity index (χ2v) is 8.83. The van der Waals surface area contributed by atoms with Gasteiger partial charge < -0.3 is 0 Å². The summed E-state index contributed by atoms with van der Waals surface area (Å²) in [5.41, 5.74) is 3.01. The molecule has 0 aliphatic heterocycles. The van der Waals surface area contributed by atoms with Crippen LogP contribution in [0.5, 0.6) is 0 Å². The summed E-state index contributed by atoms with van der Waals surface area (Å²) in [5.74, 6) is 0.783. The SMILES string of the molecule is CCCCCCB(CCCCCC)C(CCCCCC)c1ccc(C)cc1. The summed E-state index contributed by atoms with van der Waals surface area (Å²) in [7, 11) is 0. The number of rotatable bonds is 17. The molecule has 27 heavy (non-hydrogen) atoms. The monoisotopic (exact) mass is 370 g/mol. The molecule has 0 saturated heterocycles. The summed E-state index contributed by atoms with van der Waals surface area (Å²) < 4.78 is 0. The Balaban J connectivity index is 2.78. The van der Waals surface area contributed by atoms with Gasteiger partial charge in [0.1, 0.15) is 6.71 Å². The molecule has 0 N–H and O–H groups in total. The van der Waals surface area contributed by atoms with E-state index in [0.717, 1.165) is 12.5 Å². The van der Waals surface area contributed by atoms with Crippen LogP contribution in [0.15, 0.2) is 24.3 Å². The van der Waals surface area contributed by atoms with Gasteiger partial charge in [0, 0.05) is 0 Å². The van der Waals surface area contributed by atoms with Gasteiger partial charge in [-0.05, 0) is 12.7 Å². The number of hydrogen-bond acceptors (Lipinski definition) is 0. The van der Waals surface area contributed by atoms with Crippen molar-refractivity contribution < 1.29 is 0 Å². The topological polar surface area (TPSA) is 0 Å². The minimum absolute atomic E-state index is 0.783. The molecule has 0 fully saturated rings. The quantitative estimate of drug-likeness (QED) is 0.189. The van der Waals surface area contributed by atoms with E-state index in [1.807, 2.05) is 0 Å². The molecule has 1 unspecified atom stereocenters. The summed E-state index contributed by atoms with van der Waals surface area (Å²) >= 11 is 0. The first-order valence-electron chi connectivity index (χ1n) is 12.3. The normalized spacial score (nSPS) is 12.3. The minimum Gasteiger partial charge on any atom is -0.0736 e. The highest BCUT2D eigenvalue weighted by Crippen LogP contribution is 2.32. The fourth-order valence-electron chi connectivity index (χ4n) is 4.49. The number of hydrogen-bond donors (Lipinski definition) is 0. The van der Waals surface area contributed by atoms with Crippen LogP contribution in [0, 0.1) is 6.92 Å². The summed E-state index contributed by atoms with van der Waals surface area (Å²) in [5, 5.41) is 0. The van der Waals surface area contributed by atoms with Crippen LogP contribution in [0.2, 0.25) is 12.6 Å². The van der Waals surface area contributed by atoms with Crippen LogP contribution in [-0.2, 0) is 0 Å². The number of aryl methyl sites for hydroxylation is 1. The average molecular weight is 370 g/mol. The zero-order valence-corrected chi connectivity index (χ0v) is 19.1. The summed E-state index contributed by atoms with van der Waals surface area (Å²) in [6.07, 6.45) is 21.1. The fraction of sp³-hybridized carbons (Fsp3) is 0.769. The summed E-state index contributed by atoms with van der Waals surface area (Å²) in [6.45, 7) is 10.1. The molecule has 0 bridgehead atoms. The van der Waals surface area contributed by atoms with E-state index in [2.05, 4.69) is 52.0 Å². The van der Waals surface area contributed by atoms with E-state index in [0.29, 0.717) is 0 Å². The molecule has 1 atom stereocenters. The van der Waals surface area contributed by atoms with Crippen molar-refractivity contribution in [3.8, 4) is 0 Å². The second-order valence-electron chi connectivity index (χ2n) is 8.83. The molecule has 1 heteroatoms. The largest absolute Gasteiger partial charge is 0.148 e. The predicted molar refractivity (Wildman–Crippen MR) is 126 cm³/mol. The van der Waals surface area contributed by atoms with E-state index in [-0.39, 0.29) is 0 Å². The first-order chi connectivity index (χ1) is 13.2. The maximum absolute atomic E-state index is 2.44. The van der Waals surface area contributed by atoms with Crippen molar-refractivity contribution in [1.82, 2.24) is 0 Å². The Hall–Kier alpha value is -0.715. The fourth-order valence-corrected chi connectivity index (χ4v) is 4.49. The zero-order valence-electron chi connectivity index (χ0n) is 19.1. The van der Waals surface area contributed by atoms with Gasteiger partial charge in [-0.1, -0.05) is 152 Å². The van der Waals surface area contributed by atoms with Gasteiger partial charge in [0.25, 0.3) is 0 Å². The lowest BCUT2D eigenvalue weighted by molar-refractivity contribution is 0.610. The highest BCUT2D eigenvalue weighted by Gasteiger charge is 2.25. The van der Waals surface area contributed by atoms with E-state index < -0.39 is 0 Å². The van der Waals surface area contributed by atoms with E-state index in [1.165, 1.54) is 102 Å². The molecule has 0 radical (unpaired) electrons. The molecule has 0 spiro atoms. The van der Waals surface area contributed by atoms with Crippen LogP contribution in [0.1, 0.15) is 121 Å². The smallest absolute Gasteiger partial charge is 0.0736 e. The molecular formula is C26H47B. The molecule has 1 aromatic carbocycles. The van der Waals surface area contributed by atoms with E-state index >= 15 is 0 Å². The Morgan fingerprint density at radius 1 is 0.630 bits per heavy atom. The van der Waals surface area contributed by atoms with Crippen molar-refractivity contribution in [3.05, 3.63) is 35.4 Å². The first-order valence-corrected chi connectivity index (χ1v) is 12.3. The van der Waals surface area contributed by atoms with Crippen LogP contribution >= 0.6 is 0 Å². The van der Waals surface area contributed by atoms with E-state index in [4.69, 9.17) is 0 Å². The number of unbranched alkanes of at least 4 members (excludes halogenated alkanes) is 9.